The van der Waals surface area contributed by atoms with E-state index in [9.17, 15) is 15.0 Å². The number of carboxylic acids is 1. The molecule has 0 heterocycles. The third-order valence-corrected chi connectivity index (χ3v) is 5.74. The molecule has 0 spiro atoms. The van der Waals surface area contributed by atoms with Crippen molar-refractivity contribution in [3.63, 3.8) is 0 Å². The maximum Gasteiger partial charge on any atom is 0.313 e. The highest BCUT2D eigenvalue weighted by Gasteiger charge is 2.48. The lowest BCUT2D eigenvalue weighted by Crippen LogP contribution is -2.49. The van der Waals surface area contributed by atoms with Gasteiger partial charge in [-0.2, -0.15) is 0 Å². The van der Waals surface area contributed by atoms with Crippen LogP contribution < -0.4 is 0 Å². The minimum Gasteiger partial charge on any atom is -0.481 e. The fourth-order valence-corrected chi connectivity index (χ4v) is 4.61. The van der Waals surface area contributed by atoms with E-state index in [0.29, 0.717) is 5.92 Å². The van der Waals surface area contributed by atoms with Gasteiger partial charge in [-0.25, -0.2) is 0 Å². The van der Waals surface area contributed by atoms with Gasteiger partial charge in [-0.15, -0.1) is 0 Å². The van der Waals surface area contributed by atoms with Crippen LogP contribution in [0.3, 0.4) is 0 Å². The zero-order valence-corrected chi connectivity index (χ0v) is 11.9. The van der Waals surface area contributed by atoms with Gasteiger partial charge in [0, 0.05) is 0 Å². The van der Waals surface area contributed by atoms with E-state index in [2.05, 4.69) is 0 Å². The fourth-order valence-electron chi connectivity index (χ4n) is 4.61. The molecule has 0 aliphatic heterocycles. The minimum atomic E-state index is -1.19. The van der Waals surface area contributed by atoms with Crippen molar-refractivity contribution in [2.45, 2.75) is 50.5 Å². The number of aliphatic carboxylic acids is 1. The van der Waals surface area contributed by atoms with Crippen LogP contribution in [0.2, 0.25) is 0 Å². The van der Waals surface area contributed by atoms with Gasteiger partial charge in [-0.05, 0) is 37.0 Å². The molecule has 2 saturated carbocycles. The summed E-state index contributed by atoms with van der Waals surface area (Å²) in [5.41, 5.74) is -1.19. The smallest absolute Gasteiger partial charge is 0.313 e. The fraction of sp³-hybridized carbons (Fsp3) is 0.706. The highest BCUT2D eigenvalue weighted by molar-refractivity contribution is 5.75. The van der Waals surface area contributed by atoms with Crippen molar-refractivity contribution in [3.8, 4) is 0 Å². The van der Waals surface area contributed by atoms with Gasteiger partial charge < -0.3 is 10.2 Å². The molecule has 5 unspecified atom stereocenters. The molecule has 2 fully saturated rings. The molecule has 5 atom stereocenters. The zero-order chi connectivity index (χ0) is 14.2. The maximum atomic E-state index is 11.5. The zero-order valence-electron chi connectivity index (χ0n) is 11.9. The predicted molar refractivity (Wildman–Crippen MR) is 77.1 cm³/mol. The van der Waals surface area contributed by atoms with E-state index in [0.717, 1.165) is 25.2 Å². The molecule has 3 rings (SSSR count). The quantitative estimate of drug-likeness (QED) is 0.814. The molecule has 0 amide bonds. The molecule has 3 aliphatic carbocycles. The number of carboxylic acid groups (broad SMARTS) is 1. The molecule has 20 heavy (non-hydrogen) atoms. The first-order valence-corrected chi connectivity index (χ1v) is 7.92. The third-order valence-electron chi connectivity index (χ3n) is 5.74. The van der Waals surface area contributed by atoms with Crippen molar-refractivity contribution in [1.82, 2.24) is 0 Å². The summed E-state index contributed by atoms with van der Waals surface area (Å²) in [5.74, 6) is -0.115. The topological polar surface area (TPSA) is 57.5 Å². The Morgan fingerprint density at radius 2 is 1.80 bits per heavy atom. The van der Waals surface area contributed by atoms with Crippen LogP contribution in [0.15, 0.2) is 24.3 Å². The first kappa shape index (κ1) is 13.9. The van der Waals surface area contributed by atoms with Crippen molar-refractivity contribution < 1.29 is 15.0 Å². The molecule has 0 saturated heterocycles. The van der Waals surface area contributed by atoms with Crippen LogP contribution in [0.4, 0.5) is 0 Å². The second kappa shape index (κ2) is 5.36. The molecule has 3 heteroatoms. The summed E-state index contributed by atoms with van der Waals surface area (Å²) in [4.78, 5) is 11.5. The van der Waals surface area contributed by atoms with Gasteiger partial charge in [0.05, 0.1) is 0 Å². The van der Waals surface area contributed by atoms with Crippen LogP contribution in [-0.2, 0) is 4.79 Å². The van der Waals surface area contributed by atoms with E-state index in [1.807, 2.05) is 0 Å². The summed E-state index contributed by atoms with van der Waals surface area (Å²) in [6.07, 6.45) is 15.2. The standard InChI is InChI=1S/C17H24O3/c18-16(19)15-7-3-4-10-17(15,20)14-9-8-12-5-1-2-6-13(12)11-14/h3-4,7,10,12-15,20H,1-2,5-6,8-9,11H2,(H,18,19). The number of aliphatic hydroxyl groups is 1. The van der Waals surface area contributed by atoms with Crippen LogP contribution in [0.25, 0.3) is 0 Å². The lowest BCUT2D eigenvalue weighted by Gasteiger charge is -2.46. The van der Waals surface area contributed by atoms with E-state index >= 15 is 0 Å². The molecule has 0 aromatic heterocycles. The lowest BCUT2D eigenvalue weighted by molar-refractivity contribution is -0.150. The Balaban J connectivity index is 1.79. The van der Waals surface area contributed by atoms with Crippen molar-refractivity contribution in [2.24, 2.45) is 23.7 Å². The Morgan fingerprint density at radius 3 is 2.55 bits per heavy atom. The number of hydrogen-bond acceptors (Lipinski definition) is 2. The third kappa shape index (κ3) is 2.32. The van der Waals surface area contributed by atoms with Crippen molar-refractivity contribution in [1.29, 1.82) is 0 Å². The highest BCUT2D eigenvalue weighted by atomic mass is 16.4. The Kier molecular flexibility index (Phi) is 3.72. The summed E-state index contributed by atoms with van der Waals surface area (Å²) in [6.45, 7) is 0. The van der Waals surface area contributed by atoms with Gasteiger partial charge >= 0.3 is 5.97 Å². The normalized spacial score (nSPS) is 44.0. The largest absolute Gasteiger partial charge is 0.481 e. The molecule has 0 aromatic carbocycles. The van der Waals surface area contributed by atoms with Crippen molar-refractivity contribution in [2.75, 3.05) is 0 Å². The summed E-state index contributed by atoms with van der Waals surface area (Å²) in [7, 11) is 0. The second-order valence-corrected chi connectivity index (χ2v) is 6.76. The first-order chi connectivity index (χ1) is 9.61. The number of hydrogen-bond donors (Lipinski definition) is 2. The van der Waals surface area contributed by atoms with Crippen LogP contribution in [0.1, 0.15) is 44.9 Å². The molecule has 110 valence electrons. The number of allylic oxidation sites excluding steroid dienone is 2. The average molecular weight is 276 g/mol. The molecule has 2 N–H and O–H groups in total. The van der Waals surface area contributed by atoms with Gasteiger partial charge in [0.2, 0.25) is 0 Å². The maximum absolute atomic E-state index is 11.5. The minimum absolute atomic E-state index is 0.0872. The first-order valence-electron chi connectivity index (χ1n) is 7.92. The second-order valence-electron chi connectivity index (χ2n) is 6.76. The molecular weight excluding hydrogens is 252 g/mol. The molecule has 3 nitrogen and oxygen atoms in total. The van der Waals surface area contributed by atoms with Crippen LogP contribution in [0, 0.1) is 23.7 Å². The number of fused-ring (bicyclic) bond motifs is 1. The molecular formula is C17H24O3. The molecule has 0 radical (unpaired) electrons. The monoisotopic (exact) mass is 276 g/mol. The highest BCUT2D eigenvalue weighted by Crippen LogP contribution is 2.48. The Morgan fingerprint density at radius 1 is 1.05 bits per heavy atom. The Labute approximate surface area is 120 Å². The summed E-state index contributed by atoms with van der Waals surface area (Å²) < 4.78 is 0. The van der Waals surface area contributed by atoms with E-state index in [4.69, 9.17) is 0 Å². The van der Waals surface area contributed by atoms with Gasteiger partial charge in [-0.1, -0.05) is 50.0 Å². The molecule has 0 aromatic rings. The summed E-state index contributed by atoms with van der Waals surface area (Å²) in [5, 5.41) is 20.4. The SMILES string of the molecule is O=C(O)C1C=CC=CC1(O)C1CCC2CCCCC2C1. The van der Waals surface area contributed by atoms with Gasteiger partial charge in [0.1, 0.15) is 11.5 Å². The van der Waals surface area contributed by atoms with Gasteiger partial charge in [0.25, 0.3) is 0 Å². The predicted octanol–water partition coefficient (Wildman–Crippen LogP) is 3.15. The number of carbonyl (C=O) groups is 1. The van der Waals surface area contributed by atoms with E-state index in [1.54, 1.807) is 24.3 Å². The summed E-state index contributed by atoms with van der Waals surface area (Å²) in [6, 6.07) is 0. The van der Waals surface area contributed by atoms with Crippen molar-refractivity contribution >= 4 is 5.97 Å². The molecule has 0 bridgehead atoms. The van der Waals surface area contributed by atoms with E-state index in [1.165, 1.54) is 25.7 Å². The van der Waals surface area contributed by atoms with Crippen LogP contribution in [0.5, 0.6) is 0 Å². The average Bonchev–Trinajstić information content (AvgIpc) is 2.47. The Hall–Kier alpha value is -1.09. The number of rotatable bonds is 2. The van der Waals surface area contributed by atoms with E-state index in [-0.39, 0.29) is 5.92 Å². The lowest BCUT2D eigenvalue weighted by atomic mass is 9.61. The Bertz CT molecular complexity index is 440. The van der Waals surface area contributed by atoms with Gasteiger partial charge in [0.15, 0.2) is 0 Å². The van der Waals surface area contributed by atoms with Crippen LogP contribution >= 0.6 is 0 Å². The van der Waals surface area contributed by atoms with Crippen LogP contribution in [-0.4, -0.2) is 21.8 Å². The van der Waals surface area contributed by atoms with E-state index < -0.39 is 17.5 Å². The molecule has 3 aliphatic rings. The van der Waals surface area contributed by atoms with Crippen molar-refractivity contribution in [3.05, 3.63) is 24.3 Å². The summed E-state index contributed by atoms with van der Waals surface area (Å²) >= 11 is 0. The van der Waals surface area contributed by atoms with Gasteiger partial charge in [-0.3, -0.25) is 4.79 Å².